The Morgan fingerprint density at radius 1 is 0.968 bits per heavy atom. The zero-order valence-electron chi connectivity index (χ0n) is 20.8. The van der Waals surface area contributed by atoms with Crippen LogP contribution in [0.2, 0.25) is 0 Å². The van der Waals surface area contributed by atoms with Crippen LogP contribution in [0, 0.1) is 11.8 Å². The van der Waals surface area contributed by atoms with Crippen molar-refractivity contribution >= 4 is 11.5 Å². The van der Waals surface area contributed by atoms with Crippen LogP contribution in [-0.4, -0.2) is 26.6 Å². The predicted octanol–water partition coefficient (Wildman–Crippen LogP) is 8.64. The topological polar surface area (TPSA) is 20.3 Å². The van der Waals surface area contributed by atoms with Gasteiger partial charge in [0.05, 0.1) is 7.18 Å². The maximum absolute atomic E-state index is 12.6. The summed E-state index contributed by atoms with van der Waals surface area (Å²) < 4.78 is 9.50. The Morgan fingerprint density at radius 3 is 2.23 bits per heavy atom. The number of benzene rings is 1. The minimum Gasteiger partial charge on any atom is -0.375 e. The van der Waals surface area contributed by atoms with E-state index in [4.69, 9.17) is 0 Å². The number of hydrogen-bond acceptors (Lipinski definition) is 2. The van der Waals surface area contributed by atoms with Crippen molar-refractivity contribution < 1.29 is 9.18 Å². The van der Waals surface area contributed by atoms with Crippen LogP contribution in [-0.2, 0) is 0 Å². The molecule has 1 aromatic carbocycles. The Kier molecular flexibility index (Phi) is 15.4. The Labute approximate surface area is 192 Å². The van der Waals surface area contributed by atoms with Crippen LogP contribution in [0.25, 0.3) is 0 Å². The number of Topliss-reactive ketones (excluding diaryl/α,β-unsaturated/α-hetero) is 1. The molecule has 31 heavy (non-hydrogen) atoms. The summed E-state index contributed by atoms with van der Waals surface area (Å²) in [6.45, 7) is 5.72. The molecule has 1 unspecified atom stereocenters. The van der Waals surface area contributed by atoms with Crippen molar-refractivity contribution in [2.45, 2.75) is 104 Å². The van der Waals surface area contributed by atoms with Gasteiger partial charge in [0, 0.05) is 31.3 Å². The summed E-state index contributed by atoms with van der Waals surface area (Å²) in [5.74, 6) is 1.79. The summed E-state index contributed by atoms with van der Waals surface area (Å²) in [7, 11) is 2.69. The van der Waals surface area contributed by atoms with Gasteiger partial charge in [0.1, 0.15) is 0 Å². The van der Waals surface area contributed by atoms with Crippen LogP contribution in [0.3, 0.4) is 0 Å². The molecule has 1 fully saturated rings. The van der Waals surface area contributed by atoms with Crippen molar-refractivity contribution in [1.82, 2.24) is 0 Å². The molecule has 0 radical (unpaired) electrons. The van der Waals surface area contributed by atoms with Gasteiger partial charge in [-0.05, 0) is 42.5 Å². The van der Waals surface area contributed by atoms with Crippen LogP contribution in [0.15, 0.2) is 24.3 Å². The fraction of sp³-hybridized carbons (Fsp3) is 0.750. The highest BCUT2D eigenvalue weighted by atomic mass is 19.1. The fourth-order valence-corrected chi connectivity index (χ4v) is 4.77. The third-order valence-corrected chi connectivity index (χ3v) is 6.99. The molecule has 2 nitrogen and oxygen atoms in total. The number of alkyl halides is 1. The lowest BCUT2D eigenvalue weighted by atomic mass is 9.85. The van der Waals surface area contributed by atoms with E-state index >= 15 is 0 Å². The lowest BCUT2D eigenvalue weighted by Gasteiger charge is -2.23. The molecular formula is C28H48FNO. The molecule has 0 saturated heterocycles. The van der Waals surface area contributed by atoms with E-state index in [0.29, 0.717) is 18.9 Å². The molecule has 3 heteroatoms. The maximum Gasteiger partial charge on any atom is 0.163 e. The van der Waals surface area contributed by atoms with Crippen molar-refractivity contribution in [3.63, 3.8) is 0 Å². The summed E-state index contributed by atoms with van der Waals surface area (Å²) in [6.07, 6.45) is 18.0. The first-order valence-electron chi connectivity index (χ1n) is 12.9. The lowest BCUT2D eigenvalue weighted by molar-refractivity contribution is 0.0950. The Hall–Kier alpha value is -1.38. The number of carbonyl (C=O) groups is 1. The molecule has 0 bridgehead atoms. The smallest absolute Gasteiger partial charge is 0.163 e. The highest BCUT2D eigenvalue weighted by Gasteiger charge is 2.18. The van der Waals surface area contributed by atoms with Crippen LogP contribution >= 0.6 is 0 Å². The Balaban J connectivity index is 0.00000233. The highest BCUT2D eigenvalue weighted by molar-refractivity contribution is 5.96. The van der Waals surface area contributed by atoms with Crippen LogP contribution in [0.1, 0.15) is 114 Å². The molecule has 0 aromatic heterocycles. The molecular weight excluding hydrogens is 385 g/mol. The van der Waals surface area contributed by atoms with Gasteiger partial charge in [-0.2, -0.15) is 0 Å². The second-order valence-corrected chi connectivity index (χ2v) is 9.37. The quantitative estimate of drug-likeness (QED) is 0.216. The molecule has 0 aliphatic heterocycles. The molecule has 0 heterocycles. The number of anilines is 1. The van der Waals surface area contributed by atoms with Crippen molar-refractivity contribution in [2.75, 3.05) is 25.7 Å². The van der Waals surface area contributed by atoms with E-state index in [9.17, 15) is 9.18 Å². The van der Waals surface area contributed by atoms with Gasteiger partial charge >= 0.3 is 0 Å². The van der Waals surface area contributed by atoms with Gasteiger partial charge in [-0.3, -0.25) is 9.18 Å². The normalized spacial score (nSPS) is 15.1. The van der Waals surface area contributed by atoms with Crippen LogP contribution < -0.4 is 4.90 Å². The Morgan fingerprint density at radius 2 is 1.61 bits per heavy atom. The lowest BCUT2D eigenvalue weighted by Crippen LogP contribution is -2.21. The zero-order chi connectivity index (χ0) is 22.9. The Bertz CT molecular complexity index is 565. The predicted molar refractivity (Wildman–Crippen MR) is 134 cm³/mol. The number of nitrogens with zero attached hydrogens (tertiary/aromatic N) is 1. The second kappa shape index (κ2) is 17.2. The molecule has 0 spiro atoms. The van der Waals surface area contributed by atoms with Gasteiger partial charge < -0.3 is 4.90 Å². The van der Waals surface area contributed by atoms with Gasteiger partial charge in [0.15, 0.2) is 5.78 Å². The van der Waals surface area contributed by atoms with Crippen molar-refractivity contribution in [1.29, 1.82) is 0 Å². The van der Waals surface area contributed by atoms with Gasteiger partial charge in [0.25, 0.3) is 0 Å². The van der Waals surface area contributed by atoms with Gasteiger partial charge in [0.2, 0.25) is 0 Å². The molecule has 2 rings (SSSR count). The average Bonchev–Trinajstić information content (AvgIpc) is 2.82. The largest absolute Gasteiger partial charge is 0.375 e. The van der Waals surface area contributed by atoms with Crippen molar-refractivity contribution in [3.05, 3.63) is 29.8 Å². The minimum absolute atomic E-state index is 0.334. The monoisotopic (exact) mass is 433 g/mol. The molecule has 1 aromatic rings. The molecule has 1 aliphatic rings. The number of hydrogen-bond donors (Lipinski definition) is 0. The average molecular weight is 434 g/mol. The van der Waals surface area contributed by atoms with E-state index in [-0.39, 0.29) is 0 Å². The molecule has 1 aliphatic carbocycles. The zero-order valence-corrected chi connectivity index (χ0v) is 20.8. The molecule has 0 N–H and O–H groups in total. The second-order valence-electron chi connectivity index (χ2n) is 9.37. The van der Waals surface area contributed by atoms with E-state index in [2.05, 4.69) is 37.9 Å². The molecule has 1 saturated carbocycles. The fourth-order valence-electron chi connectivity index (χ4n) is 4.77. The maximum atomic E-state index is 12.6. The van der Waals surface area contributed by atoms with Crippen molar-refractivity contribution in [3.8, 4) is 0 Å². The summed E-state index contributed by atoms with van der Waals surface area (Å²) in [4.78, 5) is 15.0. The number of unbranched alkanes of at least 4 members (excludes halogenated alkanes) is 4. The van der Waals surface area contributed by atoms with E-state index in [1.165, 1.54) is 89.2 Å². The number of halogens is 1. The van der Waals surface area contributed by atoms with E-state index in [1.54, 1.807) is 0 Å². The summed E-state index contributed by atoms with van der Waals surface area (Å²) in [6, 6.07) is 8.36. The molecule has 178 valence electrons. The standard InChI is InChI=1S/C27H45NO.CH3F/c1-4-6-7-8-10-13-23(5-2)20-21-28(3)26-18-16-25(17-19-26)27(29)22-24-14-11-9-12-15-24;1-2/h16-19,23-24H,4-15,20-22H2,1-3H3;1H3. The van der Waals surface area contributed by atoms with Gasteiger partial charge in [-0.25, -0.2) is 0 Å². The highest BCUT2D eigenvalue weighted by Crippen LogP contribution is 2.28. The number of rotatable bonds is 14. The number of ketones is 1. The third kappa shape index (κ3) is 11.2. The molecule has 0 amide bonds. The first-order chi connectivity index (χ1) is 15.1. The van der Waals surface area contributed by atoms with Crippen LogP contribution in [0.4, 0.5) is 10.1 Å². The van der Waals surface area contributed by atoms with E-state index in [1.807, 2.05) is 12.1 Å². The minimum atomic E-state index is 0.334. The van der Waals surface area contributed by atoms with Crippen molar-refractivity contribution in [2.24, 2.45) is 11.8 Å². The SMILES string of the molecule is CCCCCCCC(CC)CCN(C)c1ccc(C(=O)CC2CCCCC2)cc1.CF. The third-order valence-electron chi connectivity index (χ3n) is 6.99. The number of carbonyl (C=O) groups excluding carboxylic acids is 1. The summed E-state index contributed by atoms with van der Waals surface area (Å²) in [5, 5.41) is 0. The first-order valence-corrected chi connectivity index (χ1v) is 12.9. The summed E-state index contributed by atoms with van der Waals surface area (Å²) >= 11 is 0. The first kappa shape index (κ1) is 27.7. The van der Waals surface area contributed by atoms with E-state index < -0.39 is 0 Å². The van der Waals surface area contributed by atoms with Crippen LogP contribution in [0.5, 0.6) is 0 Å². The molecule has 1 atom stereocenters. The van der Waals surface area contributed by atoms with E-state index in [0.717, 1.165) is 24.4 Å². The summed E-state index contributed by atoms with van der Waals surface area (Å²) in [5.41, 5.74) is 2.13. The van der Waals surface area contributed by atoms with Gasteiger partial charge in [-0.15, -0.1) is 0 Å². The van der Waals surface area contributed by atoms with Gasteiger partial charge in [-0.1, -0.05) is 90.9 Å².